The zero-order valence-corrected chi connectivity index (χ0v) is 15.7. The molecular formula is C20H26O5. The molecule has 0 spiro atoms. The van der Waals surface area contributed by atoms with Crippen LogP contribution in [0.5, 0.6) is 0 Å². The van der Waals surface area contributed by atoms with Crippen molar-refractivity contribution in [1.82, 2.24) is 0 Å². The summed E-state index contributed by atoms with van der Waals surface area (Å²) in [6.07, 6.45) is 4.90. The van der Waals surface area contributed by atoms with Crippen LogP contribution in [0.4, 0.5) is 0 Å². The molecule has 136 valence electrons. The molecule has 0 unspecified atom stereocenters. The minimum atomic E-state index is -0.684. The third kappa shape index (κ3) is 4.78. The molecular weight excluding hydrogens is 320 g/mol. The van der Waals surface area contributed by atoms with E-state index in [9.17, 15) is 19.5 Å². The molecule has 0 heterocycles. The summed E-state index contributed by atoms with van der Waals surface area (Å²) in [6, 6.07) is 0. The van der Waals surface area contributed by atoms with Crippen molar-refractivity contribution in [2.24, 2.45) is 5.92 Å². The Hall–Kier alpha value is -2.43. The lowest BCUT2D eigenvalue weighted by Crippen LogP contribution is -2.28. The van der Waals surface area contributed by atoms with Gasteiger partial charge in [-0.2, -0.15) is 0 Å². The van der Waals surface area contributed by atoms with E-state index in [-0.39, 0.29) is 22.8 Å². The lowest BCUT2D eigenvalue weighted by molar-refractivity contribution is -0.138. The molecule has 0 aliphatic heterocycles. The quantitative estimate of drug-likeness (QED) is 0.339. The fourth-order valence-electron chi connectivity index (χ4n) is 2.44. The summed E-state index contributed by atoms with van der Waals surface area (Å²) < 4.78 is 5.16. The molecule has 0 radical (unpaired) electrons. The monoisotopic (exact) mass is 346 g/mol. The van der Waals surface area contributed by atoms with E-state index < -0.39 is 23.3 Å². The molecule has 1 aliphatic carbocycles. The second kappa shape index (κ2) is 8.60. The van der Waals surface area contributed by atoms with E-state index in [1.54, 1.807) is 26.8 Å². The number of ether oxygens (including phenoxy) is 1. The van der Waals surface area contributed by atoms with Crippen LogP contribution in [-0.4, -0.2) is 22.6 Å². The molecule has 0 fully saturated rings. The van der Waals surface area contributed by atoms with Gasteiger partial charge in [0.1, 0.15) is 0 Å². The Morgan fingerprint density at radius 3 is 2.32 bits per heavy atom. The van der Waals surface area contributed by atoms with E-state index in [4.69, 9.17) is 4.74 Å². The van der Waals surface area contributed by atoms with Crippen LogP contribution in [0.15, 0.2) is 46.0 Å². The van der Waals surface area contributed by atoms with Crippen LogP contribution < -0.4 is 0 Å². The van der Waals surface area contributed by atoms with Crippen molar-refractivity contribution < 1.29 is 24.2 Å². The second-order valence-corrected chi connectivity index (χ2v) is 6.50. The van der Waals surface area contributed by atoms with E-state index in [1.165, 1.54) is 6.92 Å². The average molecular weight is 346 g/mol. The number of allylic oxidation sites excluding steroid dienone is 5. The first-order valence-corrected chi connectivity index (χ1v) is 8.33. The van der Waals surface area contributed by atoms with Crippen LogP contribution in [-0.2, 0) is 19.1 Å². The zero-order valence-electron chi connectivity index (χ0n) is 15.7. The Bertz CT molecular complexity index is 712. The Kier molecular flexibility index (Phi) is 7.09. The first kappa shape index (κ1) is 20.6. The molecule has 0 saturated carbocycles. The number of carbonyl (C=O) groups excluding carboxylic acids is 3. The number of hydrogen-bond donors (Lipinski definition) is 1. The van der Waals surface area contributed by atoms with Gasteiger partial charge in [0.25, 0.3) is 0 Å². The van der Waals surface area contributed by atoms with Gasteiger partial charge in [-0.05, 0) is 53.4 Å². The standard InChI is InChI=1S/C20H26O5/c1-7-12(4)20(24)25-19-14(6)16(21)17(22)15(18(19)23)13(5)10-8-9-11(2)3/h7,9,13,22H,8,10H2,1-6H3/b12-7-/t13-/m1/s1. The number of ketones is 2. The highest BCUT2D eigenvalue weighted by atomic mass is 16.5. The zero-order chi connectivity index (χ0) is 19.3. The molecule has 0 saturated heterocycles. The van der Waals surface area contributed by atoms with Crippen molar-refractivity contribution in [3.05, 3.63) is 46.0 Å². The van der Waals surface area contributed by atoms with E-state index >= 15 is 0 Å². The van der Waals surface area contributed by atoms with E-state index in [0.29, 0.717) is 12.0 Å². The summed E-state index contributed by atoms with van der Waals surface area (Å²) in [5.74, 6) is -3.14. The predicted octanol–water partition coefficient (Wildman–Crippen LogP) is 4.12. The van der Waals surface area contributed by atoms with Gasteiger partial charge in [-0.1, -0.05) is 24.6 Å². The van der Waals surface area contributed by atoms with Crippen molar-refractivity contribution in [3.63, 3.8) is 0 Å². The smallest absolute Gasteiger partial charge is 0.338 e. The first-order valence-electron chi connectivity index (χ1n) is 8.33. The number of carbonyl (C=O) groups is 3. The summed E-state index contributed by atoms with van der Waals surface area (Å²) in [6.45, 7) is 10.3. The molecule has 0 aromatic heterocycles. The number of esters is 1. The Balaban J connectivity index is 3.13. The summed E-state index contributed by atoms with van der Waals surface area (Å²) in [4.78, 5) is 37.0. The lowest BCUT2D eigenvalue weighted by Gasteiger charge is -2.22. The first-order chi connectivity index (χ1) is 11.6. The van der Waals surface area contributed by atoms with Crippen molar-refractivity contribution in [2.75, 3.05) is 0 Å². The van der Waals surface area contributed by atoms with Crippen molar-refractivity contribution in [2.45, 2.75) is 54.4 Å². The van der Waals surface area contributed by atoms with Gasteiger partial charge in [0, 0.05) is 11.1 Å². The topological polar surface area (TPSA) is 80.7 Å². The minimum Gasteiger partial charge on any atom is -0.504 e. The molecule has 1 atom stereocenters. The molecule has 1 aliphatic rings. The number of rotatable bonds is 6. The highest BCUT2D eigenvalue weighted by molar-refractivity contribution is 6.24. The fourth-order valence-corrected chi connectivity index (χ4v) is 2.44. The molecule has 1 N–H and O–H groups in total. The third-order valence-electron chi connectivity index (χ3n) is 4.20. The van der Waals surface area contributed by atoms with Crippen LogP contribution in [0, 0.1) is 5.92 Å². The second-order valence-electron chi connectivity index (χ2n) is 6.50. The highest BCUT2D eigenvalue weighted by Crippen LogP contribution is 2.31. The maximum Gasteiger partial charge on any atom is 0.338 e. The van der Waals surface area contributed by atoms with Gasteiger partial charge >= 0.3 is 5.97 Å². The van der Waals surface area contributed by atoms with Gasteiger partial charge in [0.05, 0.1) is 5.57 Å². The van der Waals surface area contributed by atoms with Gasteiger partial charge in [0.2, 0.25) is 11.6 Å². The van der Waals surface area contributed by atoms with Crippen molar-refractivity contribution in [3.8, 4) is 0 Å². The summed E-state index contributed by atoms with van der Waals surface area (Å²) in [7, 11) is 0. The number of Topliss-reactive ketones (excluding diaryl/α,β-unsaturated/α-hetero) is 2. The molecule has 0 amide bonds. The summed E-state index contributed by atoms with van der Waals surface area (Å²) in [5, 5.41) is 10.2. The maximum atomic E-state index is 12.7. The number of aliphatic hydroxyl groups excluding tert-OH is 1. The van der Waals surface area contributed by atoms with E-state index in [1.807, 2.05) is 19.9 Å². The Labute approximate surface area is 148 Å². The van der Waals surface area contributed by atoms with Crippen LogP contribution in [0.2, 0.25) is 0 Å². The van der Waals surface area contributed by atoms with Crippen LogP contribution >= 0.6 is 0 Å². The predicted molar refractivity (Wildman–Crippen MR) is 95.7 cm³/mol. The molecule has 0 aromatic carbocycles. The van der Waals surface area contributed by atoms with Gasteiger partial charge in [-0.25, -0.2) is 4.79 Å². The highest BCUT2D eigenvalue weighted by Gasteiger charge is 2.37. The van der Waals surface area contributed by atoms with Crippen LogP contribution in [0.3, 0.4) is 0 Å². The largest absolute Gasteiger partial charge is 0.504 e. The molecule has 0 bridgehead atoms. The maximum absolute atomic E-state index is 12.7. The summed E-state index contributed by atoms with van der Waals surface area (Å²) >= 11 is 0. The van der Waals surface area contributed by atoms with E-state index in [2.05, 4.69) is 0 Å². The van der Waals surface area contributed by atoms with Crippen molar-refractivity contribution >= 4 is 17.5 Å². The Morgan fingerprint density at radius 2 is 1.80 bits per heavy atom. The molecule has 25 heavy (non-hydrogen) atoms. The Morgan fingerprint density at radius 1 is 1.20 bits per heavy atom. The number of aliphatic hydroxyl groups is 1. The third-order valence-corrected chi connectivity index (χ3v) is 4.20. The van der Waals surface area contributed by atoms with Gasteiger partial charge in [0.15, 0.2) is 11.5 Å². The van der Waals surface area contributed by atoms with Crippen molar-refractivity contribution in [1.29, 1.82) is 0 Å². The molecule has 5 nitrogen and oxygen atoms in total. The lowest BCUT2D eigenvalue weighted by atomic mass is 9.84. The normalized spacial score (nSPS) is 17.0. The molecule has 1 rings (SSSR count). The van der Waals surface area contributed by atoms with Gasteiger partial charge < -0.3 is 9.84 Å². The molecule has 5 heteroatoms. The number of hydrogen-bond acceptors (Lipinski definition) is 5. The average Bonchev–Trinajstić information content (AvgIpc) is 2.55. The van der Waals surface area contributed by atoms with Gasteiger partial charge in [-0.3, -0.25) is 9.59 Å². The fraction of sp³-hybridized carbons (Fsp3) is 0.450. The van der Waals surface area contributed by atoms with Crippen LogP contribution in [0.1, 0.15) is 54.4 Å². The molecule has 0 aromatic rings. The van der Waals surface area contributed by atoms with E-state index in [0.717, 1.165) is 12.0 Å². The minimum absolute atomic E-state index is 0.0127. The van der Waals surface area contributed by atoms with Crippen LogP contribution in [0.25, 0.3) is 0 Å². The SMILES string of the molecule is C/C=C(/C)C(=O)OC1=C(C)C(=O)C(O)=C([C@H](C)CCC=C(C)C)C1=O. The summed E-state index contributed by atoms with van der Waals surface area (Å²) in [5.41, 5.74) is 1.44. The van der Waals surface area contributed by atoms with Gasteiger partial charge in [-0.15, -0.1) is 0 Å².